The summed E-state index contributed by atoms with van der Waals surface area (Å²) in [5, 5.41) is 13.1. The van der Waals surface area contributed by atoms with Gasteiger partial charge in [-0.1, -0.05) is 69.1 Å². The molecule has 170 valence electrons. The highest BCUT2D eigenvalue weighted by molar-refractivity contribution is 9.10. The Balaban J connectivity index is 1.72. The number of aryl methyl sites for hydroxylation is 1. The summed E-state index contributed by atoms with van der Waals surface area (Å²) >= 11 is 10.7. The average molecular weight is 553 g/mol. The zero-order valence-electron chi connectivity index (χ0n) is 18.1. The van der Waals surface area contributed by atoms with E-state index in [1.807, 2.05) is 55.5 Å². The van der Waals surface area contributed by atoms with Gasteiger partial charge in [0.2, 0.25) is 5.91 Å². The number of nitrogens with zero attached hydrogens (tertiary/aromatic N) is 2. The minimum absolute atomic E-state index is 0.115. The summed E-state index contributed by atoms with van der Waals surface area (Å²) in [4.78, 5) is 28.1. The predicted molar refractivity (Wildman–Crippen MR) is 141 cm³/mol. The van der Waals surface area contributed by atoms with Crippen molar-refractivity contribution < 1.29 is 9.59 Å². The lowest BCUT2D eigenvalue weighted by Gasteiger charge is -2.19. The van der Waals surface area contributed by atoms with Gasteiger partial charge in [0.15, 0.2) is 0 Å². The summed E-state index contributed by atoms with van der Waals surface area (Å²) in [5.41, 5.74) is 3.00. The molecule has 1 atom stereocenters. The molecule has 3 aromatic rings. The van der Waals surface area contributed by atoms with Crippen molar-refractivity contribution in [3.8, 4) is 6.07 Å². The number of rotatable bonds is 5. The van der Waals surface area contributed by atoms with Crippen LogP contribution in [0.25, 0.3) is 0 Å². The number of halogens is 2. The number of hydrogen-bond donors (Lipinski definition) is 1. The molecule has 0 aliphatic carbocycles. The zero-order chi connectivity index (χ0) is 24.2. The molecule has 1 fully saturated rings. The second-order valence-corrected chi connectivity index (χ2v) is 10.2. The Morgan fingerprint density at radius 2 is 1.85 bits per heavy atom. The number of benzene rings is 3. The number of nitriles is 1. The Kier molecular flexibility index (Phi) is 7.42. The van der Waals surface area contributed by atoms with Crippen LogP contribution in [0.15, 0.2) is 87.9 Å². The Bertz CT molecular complexity index is 1320. The fourth-order valence-electron chi connectivity index (χ4n) is 3.52. The third-order valence-corrected chi connectivity index (χ3v) is 7.24. The maximum Gasteiger partial charge on any atom is 0.269 e. The van der Waals surface area contributed by atoms with Crippen LogP contribution in [-0.2, 0) is 16.0 Å². The average Bonchev–Trinajstić information content (AvgIpc) is 3.12. The van der Waals surface area contributed by atoms with Gasteiger partial charge in [0.25, 0.3) is 5.91 Å². The summed E-state index contributed by atoms with van der Waals surface area (Å²) in [6.45, 7) is 1.95. The number of nitrogens with one attached hydrogen (secondary N) is 1. The maximum atomic E-state index is 13.5. The molecule has 3 aromatic carbocycles. The molecule has 1 aliphatic rings. The maximum absolute atomic E-state index is 13.5. The van der Waals surface area contributed by atoms with Crippen molar-refractivity contribution in [1.29, 1.82) is 5.26 Å². The quantitative estimate of drug-likeness (QED) is 0.291. The van der Waals surface area contributed by atoms with Gasteiger partial charge in [0.1, 0.15) is 16.7 Å². The molecule has 8 heteroatoms. The monoisotopic (exact) mass is 551 g/mol. The molecular formula is C26H19BrClN3O2S. The minimum Gasteiger partial charge on any atom is -0.321 e. The molecule has 2 amide bonds. The van der Waals surface area contributed by atoms with E-state index in [0.29, 0.717) is 27.8 Å². The number of carbonyl (C=O) groups excluding carboxylic acids is 2. The van der Waals surface area contributed by atoms with Crippen LogP contribution in [0.4, 0.5) is 11.4 Å². The largest absolute Gasteiger partial charge is 0.321 e. The second kappa shape index (κ2) is 10.5. The Morgan fingerprint density at radius 1 is 1.15 bits per heavy atom. The van der Waals surface area contributed by atoms with Crippen molar-refractivity contribution in [2.24, 2.45) is 0 Å². The van der Waals surface area contributed by atoms with Crippen molar-refractivity contribution in [3.63, 3.8) is 0 Å². The third kappa shape index (κ3) is 5.36. The Morgan fingerprint density at radius 3 is 2.50 bits per heavy atom. The SMILES string of the molecule is Cc1ccc(NC(=O)C(C#N)=C2SC(Cc3cccc(Cl)c3)C(=O)N2c2ccc(Br)cc2)cc1. The molecule has 4 rings (SSSR count). The molecule has 0 spiro atoms. The van der Waals surface area contributed by atoms with Crippen LogP contribution in [0.3, 0.4) is 0 Å². The first kappa shape index (κ1) is 24.1. The molecule has 1 unspecified atom stereocenters. The molecular weight excluding hydrogens is 534 g/mol. The van der Waals surface area contributed by atoms with E-state index >= 15 is 0 Å². The molecule has 1 saturated heterocycles. The topological polar surface area (TPSA) is 73.2 Å². The summed E-state index contributed by atoms with van der Waals surface area (Å²) in [6, 6.07) is 23.8. The van der Waals surface area contributed by atoms with Crippen molar-refractivity contribution in [2.75, 3.05) is 10.2 Å². The van der Waals surface area contributed by atoms with Crippen LogP contribution in [0, 0.1) is 18.3 Å². The standard InChI is InChI=1S/C26H19BrClN3O2S/c1-16-5-9-20(10-6-16)30-24(32)22(15-29)26-31(21-11-7-18(27)8-12-21)25(33)23(34-26)14-17-3-2-4-19(28)13-17/h2-13,23H,14H2,1H3,(H,30,32). The lowest BCUT2D eigenvalue weighted by Crippen LogP contribution is -2.30. The Labute approximate surface area is 215 Å². The van der Waals surface area contributed by atoms with Gasteiger partial charge in [-0.05, 0) is 67.4 Å². The van der Waals surface area contributed by atoms with E-state index in [9.17, 15) is 14.9 Å². The predicted octanol–water partition coefficient (Wildman–Crippen LogP) is 6.48. The highest BCUT2D eigenvalue weighted by atomic mass is 79.9. The van der Waals surface area contributed by atoms with Crippen LogP contribution >= 0.6 is 39.3 Å². The van der Waals surface area contributed by atoms with Crippen LogP contribution in [0.2, 0.25) is 5.02 Å². The molecule has 1 heterocycles. The van der Waals surface area contributed by atoms with Gasteiger partial charge in [-0.25, -0.2) is 0 Å². The number of thioether (sulfide) groups is 1. The van der Waals surface area contributed by atoms with Gasteiger partial charge in [-0.15, -0.1) is 0 Å². The number of carbonyl (C=O) groups is 2. The van der Waals surface area contributed by atoms with Gasteiger partial charge in [-0.3, -0.25) is 14.5 Å². The molecule has 0 aromatic heterocycles. The van der Waals surface area contributed by atoms with Crippen LogP contribution in [0.5, 0.6) is 0 Å². The van der Waals surface area contributed by atoms with E-state index < -0.39 is 11.2 Å². The highest BCUT2D eigenvalue weighted by Gasteiger charge is 2.40. The van der Waals surface area contributed by atoms with Crippen LogP contribution in [0.1, 0.15) is 11.1 Å². The molecule has 1 aliphatic heterocycles. The molecule has 0 radical (unpaired) electrons. The first-order valence-corrected chi connectivity index (χ1v) is 12.4. The highest BCUT2D eigenvalue weighted by Crippen LogP contribution is 2.42. The summed E-state index contributed by atoms with van der Waals surface area (Å²) in [7, 11) is 0. The molecule has 1 N–H and O–H groups in total. The van der Waals surface area contributed by atoms with Crippen LogP contribution in [-0.4, -0.2) is 17.1 Å². The minimum atomic E-state index is -0.563. The molecule has 0 bridgehead atoms. The first-order valence-electron chi connectivity index (χ1n) is 10.4. The fraction of sp³-hybridized carbons (Fsp3) is 0.115. The number of hydrogen-bond acceptors (Lipinski definition) is 4. The van der Waals surface area contributed by atoms with E-state index in [0.717, 1.165) is 15.6 Å². The fourth-order valence-corrected chi connectivity index (χ4v) is 5.31. The van der Waals surface area contributed by atoms with Gasteiger partial charge in [-0.2, -0.15) is 5.26 Å². The smallest absolute Gasteiger partial charge is 0.269 e. The first-order chi connectivity index (χ1) is 16.4. The molecule has 0 saturated carbocycles. The third-order valence-electron chi connectivity index (χ3n) is 5.21. The van der Waals surface area contributed by atoms with E-state index in [-0.39, 0.29) is 11.5 Å². The van der Waals surface area contributed by atoms with Crippen molar-refractivity contribution >= 4 is 62.5 Å². The summed E-state index contributed by atoms with van der Waals surface area (Å²) in [5.74, 6) is -0.759. The van der Waals surface area contributed by atoms with E-state index in [1.54, 1.807) is 30.3 Å². The molecule has 34 heavy (non-hydrogen) atoms. The van der Waals surface area contributed by atoms with Gasteiger partial charge < -0.3 is 5.32 Å². The van der Waals surface area contributed by atoms with E-state index in [1.165, 1.54) is 16.7 Å². The molecule has 5 nitrogen and oxygen atoms in total. The zero-order valence-corrected chi connectivity index (χ0v) is 21.2. The normalized spacial score (nSPS) is 16.8. The van der Waals surface area contributed by atoms with Crippen molar-refractivity contribution in [2.45, 2.75) is 18.6 Å². The van der Waals surface area contributed by atoms with Crippen molar-refractivity contribution in [1.82, 2.24) is 0 Å². The Hall–Kier alpha value is -3.05. The van der Waals surface area contributed by atoms with E-state index in [4.69, 9.17) is 11.6 Å². The van der Waals surface area contributed by atoms with E-state index in [2.05, 4.69) is 21.2 Å². The number of anilines is 2. The lowest BCUT2D eigenvalue weighted by atomic mass is 10.1. The van der Waals surface area contributed by atoms with Gasteiger partial charge in [0, 0.05) is 20.9 Å². The van der Waals surface area contributed by atoms with Crippen molar-refractivity contribution in [3.05, 3.63) is 104 Å². The summed E-state index contributed by atoms with van der Waals surface area (Å²) < 4.78 is 0.856. The summed E-state index contributed by atoms with van der Waals surface area (Å²) in [6.07, 6.45) is 0.416. The lowest BCUT2D eigenvalue weighted by molar-refractivity contribution is -0.117. The van der Waals surface area contributed by atoms with Gasteiger partial charge in [0.05, 0.1) is 5.25 Å². The number of amides is 2. The van der Waals surface area contributed by atoms with Crippen LogP contribution < -0.4 is 10.2 Å². The second-order valence-electron chi connectivity index (χ2n) is 7.70. The van der Waals surface area contributed by atoms with Gasteiger partial charge >= 0.3 is 0 Å².